The molecule has 1 aliphatic heterocycles. The highest BCUT2D eigenvalue weighted by Crippen LogP contribution is 2.34. The van der Waals surface area contributed by atoms with Crippen LogP contribution >= 0.6 is 23.4 Å². The summed E-state index contributed by atoms with van der Waals surface area (Å²) in [6.07, 6.45) is 1.45. The normalized spacial score (nSPS) is 15.0. The van der Waals surface area contributed by atoms with Crippen molar-refractivity contribution in [2.24, 2.45) is 0 Å². The summed E-state index contributed by atoms with van der Waals surface area (Å²) in [7, 11) is -4.35. The first-order valence-corrected chi connectivity index (χ1v) is 12.5. The van der Waals surface area contributed by atoms with Gasteiger partial charge in [0.25, 0.3) is 16.8 Å². The first kappa shape index (κ1) is 24.5. The van der Waals surface area contributed by atoms with Crippen LogP contribution in [-0.2, 0) is 21.5 Å². The van der Waals surface area contributed by atoms with Gasteiger partial charge in [0.05, 0.1) is 16.4 Å². The predicted molar refractivity (Wildman–Crippen MR) is 130 cm³/mol. The Balaban J connectivity index is 1.53. The van der Waals surface area contributed by atoms with Gasteiger partial charge in [0, 0.05) is 17.2 Å². The van der Waals surface area contributed by atoms with Gasteiger partial charge in [-0.25, -0.2) is 0 Å². The summed E-state index contributed by atoms with van der Waals surface area (Å²) in [5, 5.41) is 11.0. The van der Waals surface area contributed by atoms with E-state index in [0.717, 1.165) is 22.7 Å². The maximum absolute atomic E-state index is 12.8. The molecule has 9 nitrogen and oxygen atoms in total. The van der Waals surface area contributed by atoms with Crippen molar-refractivity contribution in [3.8, 4) is 5.75 Å². The van der Waals surface area contributed by atoms with E-state index in [1.807, 2.05) is 0 Å². The smallest absolute Gasteiger partial charge is 0.339 e. The molecule has 0 N–H and O–H groups in total. The lowest BCUT2D eigenvalue weighted by molar-refractivity contribution is -0.385. The molecule has 0 bridgehead atoms. The second kappa shape index (κ2) is 9.90. The number of nitro groups is 1. The van der Waals surface area contributed by atoms with Crippen LogP contribution in [0.4, 0.5) is 10.5 Å². The van der Waals surface area contributed by atoms with Crippen LogP contribution in [0.15, 0.2) is 82.6 Å². The van der Waals surface area contributed by atoms with E-state index in [1.165, 1.54) is 42.5 Å². The third-order valence-electron chi connectivity index (χ3n) is 4.78. The first-order valence-electron chi connectivity index (χ1n) is 9.91. The fourth-order valence-electron chi connectivity index (χ4n) is 3.19. The fraction of sp³-hybridized carbons (Fsp3) is 0.0435. The Labute approximate surface area is 209 Å². The largest absolute Gasteiger partial charge is 0.379 e. The van der Waals surface area contributed by atoms with Gasteiger partial charge in [-0.1, -0.05) is 41.9 Å². The maximum Gasteiger partial charge on any atom is 0.339 e. The lowest BCUT2D eigenvalue weighted by Crippen LogP contribution is -2.27. The van der Waals surface area contributed by atoms with Crippen molar-refractivity contribution >= 4 is 56.4 Å². The Bertz CT molecular complexity index is 1490. The number of nitrogens with zero attached hydrogens (tertiary/aromatic N) is 2. The molecule has 12 heteroatoms. The molecule has 1 saturated heterocycles. The monoisotopic (exact) mass is 530 g/mol. The zero-order valence-electron chi connectivity index (χ0n) is 17.7. The quantitative estimate of drug-likeness (QED) is 0.175. The van der Waals surface area contributed by atoms with Gasteiger partial charge in [-0.05, 0) is 59.3 Å². The van der Waals surface area contributed by atoms with Gasteiger partial charge in [-0.3, -0.25) is 24.6 Å². The van der Waals surface area contributed by atoms with Gasteiger partial charge in [0.15, 0.2) is 0 Å². The highest BCUT2D eigenvalue weighted by Gasteiger charge is 2.35. The summed E-state index contributed by atoms with van der Waals surface area (Å²) in [5.74, 6) is -0.557. The number of hydrogen-bond donors (Lipinski definition) is 0. The number of non-ortho nitro benzene ring substituents is 1. The van der Waals surface area contributed by atoms with E-state index >= 15 is 0 Å². The molecule has 1 aliphatic rings. The Morgan fingerprint density at radius 3 is 2.51 bits per heavy atom. The molecule has 3 aromatic carbocycles. The predicted octanol–water partition coefficient (Wildman–Crippen LogP) is 5.25. The average Bonchev–Trinajstić information content (AvgIpc) is 3.06. The van der Waals surface area contributed by atoms with E-state index in [-0.39, 0.29) is 22.1 Å². The molecule has 35 heavy (non-hydrogen) atoms. The fourth-order valence-corrected chi connectivity index (χ4v) is 5.20. The van der Waals surface area contributed by atoms with Gasteiger partial charge in [-0.2, -0.15) is 8.42 Å². The molecule has 2 amide bonds. The number of amides is 2. The van der Waals surface area contributed by atoms with Crippen molar-refractivity contribution in [3.63, 3.8) is 0 Å². The number of benzene rings is 3. The van der Waals surface area contributed by atoms with E-state index in [1.54, 1.807) is 30.3 Å². The molecule has 0 radical (unpaired) electrons. The molecule has 0 aliphatic carbocycles. The van der Waals surface area contributed by atoms with Crippen LogP contribution in [0.25, 0.3) is 6.08 Å². The topological polar surface area (TPSA) is 124 Å². The zero-order chi connectivity index (χ0) is 25.2. The SMILES string of the molecule is O=C1S/C(=C\c2cccc(OS(=O)(=O)c3cccc([N+](=O)[O-])c3)c2)C(=O)N1Cc1cccc(Cl)c1. The minimum Gasteiger partial charge on any atom is -0.379 e. The summed E-state index contributed by atoms with van der Waals surface area (Å²) in [6.45, 7) is 0.0627. The highest BCUT2D eigenvalue weighted by molar-refractivity contribution is 8.18. The Kier molecular flexibility index (Phi) is 6.92. The lowest BCUT2D eigenvalue weighted by Gasteiger charge is -2.12. The van der Waals surface area contributed by atoms with Crippen LogP contribution < -0.4 is 4.18 Å². The highest BCUT2D eigenvalue weighted by atomic mass is 35.5. The Hall–Kier alpha value is -3.67. The second-order valence-corrected chi connectivity index (χ2v) is 10.2. The van der Waals surface area contributed by atoms with E-state index in [9.17, 15) is 28.1 Å². The van der Waals surface area contributed by atoms with Crippen LogP contribution in [0.3, 0.4) is 0 Å². The molecule has 0 spiro atoms. The summed E-state index contributed by atoms with van der Waals surface area (Å²) in [5.41, 5.74) is 0.727. The molecule has 0 saturated carbocycles. The average molecular weight is 531 g/mol. The van der Waals surface area contributed by atoms with Crippen molar-refractivity contribution in [3.05, 3.63) is 104 Å². The van der Waals surface area contributed by atoms with Crippen molar-refractivity contribution < 1.29 is 27.1 Å². The van der Waals surface area contributed by atoms with Gasteiger partial charge in [0.1, 0.15) is 10.6 Å². The standard InChI is InChI=1S/C23H15ClN2O7S2/c24-17-6-1-5-16(10-17)14-25-22(27)21(34-23(25)28)12-15-4-2-8-19(11-15)33-35(31,32)20-9-3-7-18(13-20)26(29)30/h1-13H,14H2/b21-12-. The van der Waals surface area contributed by atoms with Gasteiger partial charge in [0.2, 0.25) is 0 Å². The van der Waals surface area contributed by atoms with Gasteiger partial charge in [-0.15, -0.1) is 0 Å². The van der Waals surface area contributed by atoms with Crippen LogP contribution in [0.2, 0.25) is 5.02 Å². The number of hydrogen-bond acceptors (Lipinski definition) is 8. The number of rotatable bonds is 7. The lowest BCUT2D eigenvalue weighted by atomic mass is 10.2. The minimum atomic E-state index is -4.35. The van der Waals surface area contributed by atoms with E-state index in [2.05, 4.69) is 0 Å². The molecule has 4 rings (SSSR count). The summed E-state index contributed by atoms with van der Waals surface area (Å²) in [6, 6.07) is 17.2. The van der Waals surface area contributed by atoms with E-state index in [0.29, 0.717) is 16.1 Å². The van der Waals surface area contributed by atoms with Crippen molar-refractivity contribution in [2.75, 3.05) is 0 Å². The van der Waals surface area contributed by atoms with Gasteiger partial charge < -0.3 is 4.18 Å². The molecular formula is C23H15ClN2O7S2. The molecule has 3 aromatic rings. The second-order valence-electron chi connectivity index (χ2n) is 7.26. The number of carbonyl (C=O) groups is 2. The van der Waals surface area contributed by atoms with E-state index in [4.69, 9.17) is 15.8 Å². The maximum atomic E-state index is 12.8. The molecule has 0 atom stereocenters. The number of imide groups is 1. The van der Waals surface area contributed by atoms with Crippen LogP contribution in [0, 0.1) is 10.1 Å². The molecule has 1 fully saturated rings. The van der Waals surface area contributed by atoms with Crippen LogP contribution in [0.5, 0.6) is 5.75 Å². The summed E-state index contributed by atoms with van der Waals surface area (Å²) in [4.78, 5) is 36.3. The zero-order valence-corrected chi connectivity index (χ0v) is 20.0. The van der Waals surface area contributed by atoms with Crippen LogP contribution in [0.1, 0.15) is 11.1 Å². The number of carbonyl (C=O) groups excluding carboxylic acids is 2. The Morgan fingerprint density at radius 1 is 1.03 bits per heavy atom. The number of halogens is 1. The third-order valence-corrected chi connectivity index (χ3v) is 7.17. The van der Waals surface area contributed by atoms with Gasteiger partial charge >= 0.3 is 10.1 Å². The Morgan fingerprint density at radius 2 is 1.77 bits per heavy atom. The summed E-state index contributed by atoms with van der Waals surface area (Å²) >= 11 is 6.73. The van der Waals surface area contributed by atoms with E-state index < -0.39 is 31.9 Å². The molecule has 0 aromatic heterocycles. The molecular weight excluding hydrogens is 516 g/mol. The third kappa shape index (κ3) is 5.70. The van der Waals surface area contributed by atoms with Crippen molar-refractivity contribution in [1.82, 2.24) is 4.90 Å². The minimum absolute atomic E-state index is 0.0627. The van der Waals surface area contributed by atoms with Crippen molar-refractivity contribution in [1.29, 1.82) is 0 Å². The first-order chi connectivity index (χ1) is 16.6. The van der Waals surface area contributed by atoms with Crippen molar-refractivity contribution in [2.45, 2.75) is 11.4 Å². The summed E-state index contributed by atoms with van der Waals surface area (Å²) < 4.78 is 30.3. The van der Waals surface area contributed by atoms with Crippen LogP contribution in [-0.4, -0.2) is 29.4 Å². The molecule has 0 unspecified atom stereocenters. The number of thioether (sulfide) groups is 1. The molecule has 178 valence electrons. The number of nitro benzene ring substituents is 1. The molecule has 1 heterocycles.